The van der Waals surface area contributed by atoms with Gasteiger partial charge < -0.3 is 10.3 Å². The summed E-state index contributed by atoms with van der Waals surface area (Å²) in [5.41, 5.74) is 5.52. The van der Waals surface area contributed by atoms with Crippen molar-refractivity contribution in [3.8, 4) is 0 Å². The van der Waals surface area contributed by atoms with Gasteiger partial charge in [-0.05, 0) is 61.5 Å². The number of rotatable bonds is 6. The quantitative estimate of drug-likeness (QED) is 0.768. The second-order valence-electron chi connectivity index (χ2n) is 5.35. The molecular weight excluding hydrogens is 251 g/mol. The fourth-order valence-electron chi connectivity index (χ4n) is 3.00. The summed E-state index contributed by atoms with van der Waals surface area (Å²) in [7, 11) is 0. The van der Waals surface area contributed by atoms with Gasteiger partial charge in [-0.15, -0.1) is 0 Å². The molecule has 2 nitrogen and oxygen atoms in total. The zero-order valence-corrected chi connectivity index (χ0v) is 11.7. The molecule has 0 amide bonds. The molecule has 2 N–H and O–H groups in total. The van der Waals surface area contributed by atoms with E-state index >= 15 is 0 Å². The van der Waals surface area contributed by atoms with Crippen LogP contribution in [0.1, 0.15) is 30.4 Å². The Hall–Kier alpha value is -1.61. The zero-order valence-electron chi connectivity index (χ0n) is 11.7. The van der Waals surface area contributed by atoms with Crippen molar-refractivity contribution in [3.63, 3.8) is 0 Å². The van der Waals surface area contributed by atoms with Gasteiger partial charge in [0.1, 0.15) is 0 Å². The van der Waals surface area contributed by atoms with Crippen molar-refractivity contribution in [2.24, 2.45) is 0 Å². The van der Waals surface area contributed by atoms with Crippen LogP contribution in [-0.4, -0.2) is 24.7 Å². The van der Waals surface area contributed by atoms with Crippen LogP contribution in [0.3, 0.4) is 0 Å². The Morgan fingerprint density at radius 2 is 2.20 bits per heavy atom. The SMILES string of the molecule is FCCCNCC/C=C1\CCc2c[nH]c3cccc1c23. The van der Waals surface area contributed by atoms with Gasteiger partial charge in [0.2, 0.25) is 0 Å². The average molecular weight is 272 g/mol. The summed E-state index contributed by atoms with van der Waals surface area (Å²) >= 11 is 0. The van der Waals surface area contributed by atoms with Crippen molar-refractivity contribution >= 4 is 16.5 Å². The van der Waals surface area contributed by atoms with Crippen LogP contribution in [0.15, 0.2) is 30.5 Å². The van der Waals surface area contributed by atoms with Crippen LogP contribution >= 0.6 is 0 Å². The standard InChI is InChI=1S/C17H21FN2/c18-9-3-11-19-10-2-4-13-7-8-14-12-20-16-6-1-5-15(13)17(14)16/h1,4-6,12,19-20H,2-3,7-11H2/b13-4+. The van der Waals surface area contributed by atoms with Crippen molar-refractivity contribution in [1.29, 1.82) is 0 Å². The summed E-state index contributed by atoms with van der Waals surface area (Å²) in [5, 5.41) is 4.67. The number of aryl methyl sites for hydroxylation is 1. The highest BCUT2D eigenvalue weighted by Crippen LogP contribution is 2.35. The largest absolute Gasteiger partial charge is 0.361 e. The van der Waals surface area contributed by atoms with Gasteiger partial charge >= 0.3 is 0 Å². The van der Waals surface area contributed by atoms with E-state index < -0.39 is 0 Å². The van der Waals surface area contributed by atoms with Crippen molar-refractivity contribution in [1.82, 2.24) is 10.3 Å². The molecule has 0 atom stereocenters. The summed E-state index contributed by atoms with van der Waals surface area (Å²) in [4.78, 5) is 3.36. The van der Waals surface area contributed by atoms with Crippen molar-refractivity contribution in [2.75, 3.05) is 19.8 Å². The first-order valence-electron chi connectivity index (χ1n) is 7.45. The number of aromatic nitrogens is 1. The highest BCUT2D eigenvalue weighted by Gasteiger charge is 2.16. The predicted octanol–water partition coefficient (Wildman–Crippen LogP) is 3.84. The predicted molar refractivity (Wildman–Crippen MR) is 82.7 cm³/mol. The molecule has 0 radical (unpaired) electrons. The van der Waals surface area contributed by atoms with E-state index in [9.17, 15) is 4.39 Å². The minimum Gasteiger partial charge on any atom is -0.361 e. The number of H-pyrrole nitrogens is 1. The van der Waals surface area contributed by atoms with Crippen molar-refractivity contribution < 1.29 is 4.39 Å². The number of alkyl halides is 1. The lowest BCUT2D eigenvalue weighted by Gasteiger charge is -2.16. The number of halogens is 1. The van der Waals surface area contributed by atoms with Gasteiger partial charge in [0.15, 0.2) is 0 Å². The van der Waals surface area contributed by atoms with Crippen LogP contribution in [0.4, 0.5) is 4.39 Å². The highest BCUT2D eigenvalue weighted by atomic mass is 19.1. The fraction of sp³-hybridized carbons (Fsp3) is 0.412. The third kappa shape index (κ3) is 2.63. The first-order chi connectivity index (χ1) is 9.90. The van der Waals surface area contributed by atoms with Crippen molar-refractivity contribution in [3.05, 3.63) is 41.6 Å². The molecule has 2 aromatic rings. The third-order valence-corrected chi connectivity index (χ3v) is 4.00. The molecule has 0 bridgehead atoms. The first-order valence-corrected chi connectivity index (χ1v) is 7.45. The van der Waals surface area contributed by atoms with E-state index in [0.29, 0.717) is 6.42 Å². The number of nitrogens with one attached hydrogen (secondary N) is 2. The Labute approximate surface area is 119 Å². The molecule has 0 saturated heterocycles. The monoisotopic (exact) mass is 272 g/mol. The summed E-state index contributed by atoms with van der Waals surface area (Å²) in [6.07, 6.45) is 8.35. The summed E-state index contributed by atoms with van der Waals surface area (Å²) in [5.74, 6) is 0. The Bertz CT molecular complexity index is 612. The summed E-state index contributed by atoms with van der Waals surface area (Å²) in [6, 6.07) is 6.49. The maximum Gasteiger partial charge on any atom is 0.0906 e. The van der Waals surface area contributed by atoms with Gasteiger partial charge in [-0.1, -0.05) is 18.2 Å². The number of allylic oxidation sites excluding steroid dienone is 1. The second kappa shape index (κ2) is 6.23. The number of benzene rings is 1. The second-order valence-corrected chi connectivity index (χ2v) is 5.35. The maximum atomic E-state index is 12.0. The Morgan fingerprint density at radius 3 is 3.10 bits per heavy atom. The molecule has 20 heavy (non-hydrogen) atoms. The van der Waals surface area contributed by atoms with Crippen LogP contribution < -0.4 is 5.32 Å². The normalized spacial score (nSPS) is 16.1. The average Bonchev–Trinajstić information content (AvgIpc) is 2.90. The fourth-order valence-corrected chi connectivity index (χ4v) is 3.00. The number of hydrogen-bond donors (Lipinski definition) is 2. The summed E-state index contributed by atoms with van der Waals surface area (Å²) in [6.45, 7) is 1.48. The lowest BCUT2D eigenvalue weighted by Crippen LogP contribution is -2.16. The molecule has 0 spiro atoms. The molecule has 3 heteroatoms. The number of hydrogen-bond acceptors (Lipinski definition) is 1. The van der Waals surface area contributed by atoms with E-state index in [0.717, 1.165) is 32.4 Å². The molecular formula is C17H21FN2. The van der Waals surface area contributed by atoms with Gasteiger partial charge in [0.05, 0.1) is 6.67 Å². The van der Waals surface area contributed by atoms with E-state index in [1.54, 1.807) is 0 Å². The topological polar surface area (TPSA) is 27.8 Å². The molecule has 1 heterocycles. The van der Waals surface area contributed by atoms with Gasteiger partial charge in [0, 0.05) is 17.1 Å². The van der Waals surface area contributed by atoms with Gasteiger partial charge in [-0.25, -0.2) is 0 Å². The van der Waals surface area contributed by atoms with Gasteiger partial charge in [-0.2, -0.15) is 0 Å². The van der Waals surface area contributed by atoms with E-state index in [-0.39, 0.29) is 6.67 Å². The van der Waals surface area contributed by atoms with Gasteiger partial charge in [-0.3, -0.25) is 4.39 Å². The molecule has 1 aromatic carbocycles. The van der Waals surface area contributed by atoms with E-state index in [1.165, 1.54) is 27.6 Å². The molecule has 0 aliphatic heterocycles. The molecule has 0 saturated carbocycles. The van der Waals surface area contributed by atoms with Gasteiger partial charge in [0.25, 0.3) is 0 Å². The lowest BCUT2D eigenvalue weighted by atomic mass is 9.88. The van der Waals surface area contributed by atoms with E-state index in [4.69, 9.17) is 0 Å². The Balaban J connectivity index is 1.70. The molecule has 0 fully saturated rings. The molecule has 1 aromatic heterocycles. The molecule has 3 rings (SSSR count). The van der Waals surface area contributed by atoms with Crippen LogP contribution in [0, 0.1) is 0 Å². The van der Waals surface area contributed by atoms with Crippen molar-refractivity contribution in [2.45, 2.75) is 25.7 Å². The Morgan fingerprint density at radius 1 is 1.25 bits per heavy atom. The van der Waals surface area contributed by atoms with Crippen LogP contribution in [0.2, 0.25) is 0 Å². The molecule has 0 unspecified atom stereocenters. The van der Waals surface area contributed by atoms with Crippen LogP contribution in [-0.2, 0) is 6.42 Å². The first kappa shape index (κ1) is 13.4. The molecule has 1 aliphatic carbocycles. The number of aromatic amines is 1. The van der Waals surface area contributed by atoms with Crippen LogP contribution in [0.5, 0.6) is 0 Å². The van der Waals surface area contributed by atoms with E-state index in [2.05, 4.69) is 40.8 Å². The minimum absolute atomic E-state index is 0.230. The van der Waals surface area contributed by atoms with Crippen LogP contribution in [0.25, 0.3) is 16.5 Å². The highest BCUT2D eigenvalue weighted by molar-refractivity contribution is 5.96. The smallest absolute Gasteiger partial charge is 0.0906 e. The lowest BCUT2D eigenvalue weighted by molar-refractivity contribution is 0.460. The summed E-state index contributed by atoms with van der Waals surface area (Å²) < 4.78 is 12.0. The molecule has 1 aliphatic rings. The Kier molecular flexibility index (Phi) is 4.16. The third-order valence-electron chi connectivity index (χ3n) is 4.00. The maximum absolute atomic E-state index is 12.0. The zero-order chi connectivity index (χ0) is 13.8. The minimum atomic E-state index is -0.230. The molecule has 106 valence electrons. The van der Waals surface area contributed by atoms with E-state index in [1.807, 2.05) is 0 Å².